The molecule has 39 heavy (non-hydrogen) atoms. The zero-order chi connectivity index (χ0) is 27.8. The highest BCUT2D eigenvalue weighted by molar-refractivity contribution is 5.68. The van der Waals surface area contributed by atoms with Crippen LogP contribution in [0.4, 0.5) is 10.5 Å². The number of fused-ring (bicyclic) bond motifs is 1. The van der Waals surface area contributed by atoms with E-state index in [1.54, 1.807) is 19.1 Å². The Bertz CT molecular complexity index is 1220. The van der Waals surface area contributed by atoms with E-state index in [2.05, 4.69) is 35.2 Å². The van der Waals surface area contributed by atoms with Crippen LogP contribution in [0, 0.1) is 0 Å². The van der Waals surface area contributed by atoms with Gasteiger partial charge in [-0.15, -0.1) is 0 Å². The van der Waals surface area contributed by atoms with Crippen LogP contribution in [0.3, 0.4) is 0 Å². The molecule has 0 spiro atoms. The van der Waals surface area contributed by atoms with Crippen LogP contribution in [-0.4, -0.2) is 56.6 Å². The molecule has 7 nitrogen and oxygen atoms in total. The smallest absolute Gasteiger partial charge is 0.410 e. The molecule has 0 fully saturated rings. The molecule has 3 aromatic carbocycles. The molecule has 7 heteroatoms. The van der Waals surface area contributed by atoms with Gasteiger partial charge in [-0.05, 0) is 62.6 Å². The van der Waals surface area contributed by atoms with E-state index in [-0.39, 0.29) is 12.2 Å². The van der Waals surface area contributed by atoms with Gasteiger partial charge < -0.3 is 28.7 Å². The summed E-state index contributed by atoms with van der Waals surface area (Å²) in [5.41, 5.74) is 2.82. The van der Waals surface area contributed by atoms with Crippen molar-refractivity contribution in [3.8, 4) is 17.2 Å². The van der Waals surface area contributed by atoms with Crippen LogP contribution in [0.15, 0.2) is 72.8 Å². The van der Waals surface area contributed by atoms with Gasteiger partial charge in [0.05, 0.1) is 26.5 Å². The van der Waals surface area contributed by atoms with E-state index in [9.17, 15) is 4.79 Å². The fourth-order valence-corrected chi connectivity index (χ4v) is 4.70. The number of anilines is 1. The molecule has 0 N–H and O–H groups in total. The summed E-state index contributed by atoms with van der Waals surface area (Å²) in [4.78, 5) is 17.3. The van der Waals surface area contributed by atoms with Gasteiger partial charge in [0, 0.05) is 26.1 Å². The third-order valence-corrected chi connectivity index (χ3v) is 6.63. The predicted octanol–water partition coefficient (Wildman–Crippen LogP) is 6.34. The van der Waals surface area contributed by atoms with Gasteiger partial charge in [-0.3, -0.25) is 0 Å². The molecular weight excluding hydrogens is 492 g/mol. The number of hydrogen-bond acceptors (Lipinski definition) is 6. The molecule has 1 aliphatic rings. The number of nitrogens with zero attached hydrogens (tertiary/aromatic N) is 2. The first-order valence-electron chi connectivity index (χ1n) is 13.5. The van der Waals surface area contributed by atoms with Gasteiger partial charge in [0.15, 0.2) is 11.5 Å². The van der Waals surface area contributed by atoms with Crippen molar-refractivity contribution in [1.82, 2.24) is 4.90 Å². The Hall–Kier alpha value is -3.87. The highest BCUT2D eigenvalue weighted by Crippen LogP contribution is 2.35. The van der Waals surface area contributed by atoms with Crippen LogP contribution in [0.5, 0.6) is 17.2 Å². The highest BCUT2D eigenvalue weighted by Gasteiger charge is 2.28. The van der Waals surface area contributed by atoms with Gasteiger partial charge in [-0.1, -0.05) is 48.5 Å². The van der Waals surface area contributed by atoms with E-state index in [0.717, 1.165) is 30.1 Å². The molecule has 1 atom stereocenters. The molecule has 0 aliphatic carbocycles. The number of hydrogen-bond donors (Lipinski definition) is 0. The highest BCUT2D eigenvalue weighted by atomic mass is 16.6. The number of carbonyl (C=O) groups excluding carboxylic acids is 1. The molecule has 1 aliphatic heterocycles. The van der Waals surface area contributed by atoms with E-state index >= 15 is 0 Å². The van der Waals surface area contributed by atoms with E-state index in [4.69, 9.17) is 18.9 Å². The van der Waals surface area contributed by atoms with Crippen LogP contribution in [0.2, 0.25) is 0 Å². The SMILES string of the molecule is COc1ccc(CCN(CCC2CN(Cc3ccccc3)c3ccccc3O2)C(=O)OC(C)(C)C)cc1OC. The molecular formula is C32H40N2O5. The number of ether oxygens (including phenoxy) is 4. The summed E-state index contributed by atoms with van der Waals surface area (Å²) in [5, 5.41) is 0. The van der Waals surface area contributed by atoms with Crippen LogP contribution in [0.25, 0.3) is 0 Å². The quantitative estimate of drug-likeness (QED) is 0.304. The molecule has 1 heterocycles. The minimum absolute atomic E-state index is 0.0605. The standard InChI is InChI=1S/C32H40N2O5/c1-32(2,3)39-31(35)33(19-17-24-15-16-29(36-4)30(21-24)37-5)20-18-26-23-34(22-25-11-7-6-8-12-25)27-13-9-10-14-28(27)38-26/h6-16,21,26H,17-20,22-23H2,1-5H3. The lowest BCUT2D eigenvalue weighted by molar-refractivity contribution is 0.0229. The van der Waals surface area contributed by atoms with Gasteiger partial charge >= 0.3 is 6.09 Å². The van der Waals surface area contributed by atoms with E-state index < -0.39 is 5.60 Å². The maximum atomic E-state index is 13.2. The number of carbonyl (C=O) groups is 1. The van der Waals surface area contributed by atoms with E-state index in [0.29, 0.717) is 37.4 Å². The average molecular weight is 533 g/mol. The number of para-hydroxylation sites is 2. The molecule has 0 radical (unpaired) electrons. The lowest BCUT2D eigenvalue weighted by Gasteiger charge is -2.37. The molecule has 208 valence electrons. The third kappa shape index (κ3) is 7.82. The maximum Gasteiger partial charge on any atom is 0.410 e. The molecule has 0 saturated heterocycles. The lowest BCUT2D eigenvalue weighted by atomic mass is 10.1. The van der Waals surface area contributed by atoms with Crippen molar-refractivity contribution in [3.63, 3.8) is 0 Å². The lowest BCUT2D eigenvalue weighted by Crippen LogP contribution is -2.44. The number of benzene rings is 3. The molecule has 1 unspecified atom stereocenters. The zero-order valence-electron chi connectivity index (χ0n) is 23.7. The summed E-state index contributed by atoms with van der Waals surface area (Å²) in [6, 6.07) is 24.5. The van der Waals surface area contributed by atoms with E-state index in [1.165, 1.54) is 5.56 Å². The Morgan fingerprint density at radius 3 is 2.36 bits per heavy atom. The number of methoxy groups -OCH3 is 2. The first-order chi connectivity index (χ1) is 18.8. The Kier molecular flexibility index (Phi) is 9.23. The van der Waals surface area contributed by atoms with Crippen LogP contribution in [0.1, 0.15) is 38.3 Å². The summed E-state index contributed by atoms with van der Waals surface area (Å²) in [6.07, 6.45) is 0.966. The monoisotopic (exact) mass is 532 g/mol. The Morgan fingerprint density at radius 2 is 1.64 bits per heavy atom. The van der Waals surface area contributed by atoms with Gasteiger partial charge in [0.25, 0.3) is 0 Å². The van der Waals surface area contributed by atoms with Crippen LogP contribution in [-0.2, 0) is 17.7 Å². The van der Waals surface area contributed by atoms with Gasteiger partial charge in [-0.2, -0.15) is 0 Å². The summed E-state index contributed by atoms with van der Waals surface area (Å²) >= 11 is 0. The average Bonchev–Trinajstić information content (AvgIpc) is 2.92. The topological polar surface area (TPSA) is 60.5 Å². The summed E-state index contributed by atoms with van der Waals surface area (Å²) < 4.78 is 23.0. The first kappa shape index (κ1) is 28.1. The van der Waals surface area contributed by atoms with Crippen molar-refractivity contribution in [2.24, 2.45) is 0 Å². The van der Waals surface area contributed by atoms with Crippen LogP contribution < -0.4 is 19.1 Å². The van der Waals surface area contributed by atoms with Crippen molar-refractivity contribution in [1.29, 1.82) is 0 Å². The molecule has 0 aromatic heterocycles. The second kappa shape index (κ2) is 12.8. The largest absolute Gasteiger partial charge is 0.493 e. The van der Waals surface area contributed by atoms with Crippen molar-refractivity contribution in [2.45, 2.75) is 51.9 Å². The fraction of sp³-hybridized carbons (Fsp3) is 0.406. The Morgan fingerprint density at radius 1 is 0.923 bits per heavy atom. The number of rotatable bonds is 10. The molecule has 0 bridgehead atoms. The summed E-state index contributed by atoms with van der Waals surface area (Å²) in [6.45, 7) is 8.24. The van der Waals surface area contributed by atoms with Crippen molar-refractivity contribution >= 4 is 11.8 Å². The predicted molar refractivity (Wildman–Crippen MR) is 154 cm³/mol. The van der Waals surface area contributed by atoms with Gasteiger partial charge in [0.2, 0.25) is 0 Å². The summed E-state index contributed by atoms with van der Waals surface area (Å²) in [7, 11) is 3.24. The molecule has 4 rings (SSSR count). The van der Waals surface area contributed by atoms with Crippen LogP contribution >= 0.6 is 0 Å². The van der Waals surface area contributed by atoms with E-state index in [1.807, 2.05) is 63.2 Å². The van der Waals surface area contributed by atoms with Gasteiger partial charge in [-0.25, -0.2) is 4.79 Å². The van der Waals surface area contributed by atoms with Crippen molar-refractivity contribution in [3.05, 3.63) is 83.9 Å². The second-order valence-electron chi connectivity index (χ2n) is 10.8. The van der Waals surface area contributed by atoms with Gasteiger partial charge in [0.1, 0.15) is 17.5 Å². The first-order valence-corrected chi connectivity index (χ1v) is 13.5. The minimum Gasteiger partial charge on any atom is -0.493 e. The Balaban J connectivity index is 1.45. The van der Waals surface area contributed by atoms with Crippen molar-refractivity contribution in [2.75, 3.05) is 38.8 Å². The maximum absolute atomic E-state index is 13.2. The molecule has 3 aromatic rings. The minimum atomic E-state index is -0.578. The van der Waals surface area contributed by atoms with Crippen molar-refractivity contribution < 1.29 is 23.7 Å². The number of amides is 1. The normalized spacial score (nSPS) is 14.7. The Labute approximate surface area is 232 Å². The fourth-order valence-electron chi connectivity index (χ4n) is 4.70. The third-order valence-electron chi connectivity index (χ3n) is 6.63. The molecule has 1 amide bonds. The molecule has 0 saturated carbocycles. The zero-order valence-corrected chi connectivity index (χ0v) is 23.7. The summed E-state index contributed by atoms with van der Waals surface area (Å²) in [5.74, 6) is 2.23. The second-order valence-corrected chi connectivity index (χ2v) is 10.8.